The van der Waals surface area contributed by atoms with Crippen molar-refractivity contribution in [2.24, 2.45) is 11.7 Å². The normalized spacial score (nSPS) is 23.1. The molecular formula is C14H20N2O3. The van der Waals surface area contributed by atoms with E-state index in [1.54, 1.807) is 19.1 Å². The Balaban J connectivity index is 2.10. The lowest BCUT2D eigenvalue weighted by Gasteiger charge is -2.31. The second-order valence-corrected chi connectivity index (χ2v) is 5.14. The number of nitro benzene ring substituents is 1. The Bertz CT molecular complexity index is 462. The fraction of sp³-hybridized carbons (Fsp3) is 0.571. The Labute approximate surface area is 112 Å². The van der Waals surface area contributed by atoms with Crippen LogP contribution in [0.1, 0.15) is 31.2 Å². The minimum absolute atomic E-state index is 0.131. The highest BCUT2D eigenvalue weighted by molar-refractivity contribution is 5.44. The van der Waals surface area contributed by atoms with Gasteiger partial charge < -0.3 is 10.5 Å². The van der Waals surface area contributed by atoms with Crippen molar-refractivity contribution >= 4 is 5.69 Å². The van der Waals surface area contributed by atoms with E-state index in [2.05, 4.69) is 0 Å². The molecule has 0 heterocycles. The summed E-state index contributed by atoms with van der Waals surface area (Å²) in [7, 11) is 0. The maximum atomic E-state index is 10.8. The first kappa shape index (κ1) is 13.8. The van der Waals surface area contributed by atoms with E-state index >= 15 is 0 Å². The molecular weight excluding hydrogens is 244 g/mol. The molecule has 1 saturated carbocycles. The van der Waals surface area contributed by atoms with Crippen molar-refractivity contribution in [3.63, 3.8) is 0 Å². The molecule has 0 amide bonds. The van der Waals surface area contributed by atoms with Crippen LogP contribution in [-0.2, 0) is 0 Å². The van der Waals surface area contributed by atoms with Gasteiger partial charge >= 0.3 is 0 Å². The summed E-state index contributed by atoms with van der Waals surface area (Å²) in [5, 5.41) is 10.8. The zero-order chi connectivity index (χ0) is 13.8. The minimum Gasteiger partial charge on any atom is -0.490 e. The second-order valence-electron chi connectivity index (χ2n) is 5.14. The van der Waals surface area contributed by atoms with E-state index in [9.17, 15) is 10.1 Å². The van der Waals surface area contributed by atoms with E-state index in [1.165, 1.54) is 12.5 Å². The van der Waals surface area contributed by atoms with Crippen LogP contribution in [0.3, 0.4) is 0 Å². The Kier molecular flexibility index (Phi) is 4.37. The third-order valence-electron chi connectivity index (χ3n) is 3.79. The smallest absolute Gasteiger partial charge is 0.272 e. The average Bonchev–Trinajstić information content (AvgIpc) is 2.39. The van der Waals surface area contributed by atoms with Gasteiger partial charge in [0, 0.05) is 17.5 Å². The molecule has 1 aliphatic carbocycles. The zero-order valence-corrected chi connectivity index (χ0v) is 11.2. The lowest BCUT2D eigenvalue weighted by molar-refractivity contribution is -0.385. The molecule has 2 unspecified atom stereocenters. The largest absolute Gasteiger partial charge is 0.490 e. The van der Waals surface area contributed by atoms with Gasteiger partial charge in [-0.25, -0.2) is 0 Å². The van der Waals surface area contributed by atoms with Crippen molar-refractivity contribution in [3.05, 3.63) is 33.9 Å². The zero-order valence-electron chi connectivity index (χ0n) is 11.2. The van der Waals surface area contributed by atoms with Gasteiger partial charge in [-0.2, -0.15) is 0 Å². The van der Waals surface area contributed by atoms with E-state index in [4.69, 9.17) is 10.5 Å². The summed E-state index contributed by atoms with van der Waals surface area (Å²) in [6, 6.07) is 4.92. The van der Waals surface area contributed by atoms with Gasteiger partial charge in [0.2, 0.25) is 0 Å². The standard InChI is InChI=1S/C14H20N2O3/c1-10-8-12(6-7-13(10)16(17)18)19-14-5-3-2-4-11(14)9-15/h6-8,11,14H,2-5,9,15H2,1H3. The van der Waals surface area contributed by atoms with Crippen molar-refractivity contribution in [2.75, 3.05) is 6.54 Å². The van der Waals surface area contributed by atoms with Crippen LogP contribution in [0.5, 0.6) is 5.75 Å². The number of benzene rings is 1. The topological polar surface area (TPSA) is 78.4 Å². The number of nitrogens with two attached hydrogens (primary N) is 1. The molecule has 0 saturated heterocycles. The summed E-state index contributed by atoms with van der Waals surface area (Å²) in [6.07, 6.45) is 4.62. The van der Waals surface area contributed by atoms with Crippen LogP contribution in [0.4, 0.5) is 5.69 Å². The maximum Gasteiger partial charge on any atom is 0.272 e. The van der Waals surface area contributed by atoms with Crippen molar-refractivity contribution in [2.45, 2.75) is 38.7 Å². The summed E-state index contributed by atoms with van der Waals surface area (Å²) in [5.41, 5.74) is 6.53. The summed E-state index contributed by atoms with van der Waals surface area (Å²) >= 11 is 0. The first-order chi connectivity index (χ1) is 9.11. The van der Waals surface area contributed by atoms with Crippen LogP contribution in [0.25, 0.3) is 0 Å². The number of hydrogen-bond acceptors (Lipinski definition) is 4. The van der Waals surface area contributed by atoms with Crippen LogP contribution in [0.15, 0.2) is 18.2 Å². The fourth-order valence-electron chi connectivity index (χ4n) is 2.68. The molecule has 0 radical (unpaired) electrons. The molecule has 0 aliphatic heterocycles. The van der Waals surface area contributed by atoms with Crippen molar-refractivity contribution in [3.8, 4) is 5.75 Å². The predicted molar refractivity (Wildman–Crippen MR) is 73.3 cm³/mol. The Morgan fingerprint density at radius 3 is 2.79 bits per heavy atom. The highest BCUT2D eigenvalue weighted by Crippen LogP contribution is 2.30. The fourth-order valence-corrected chi connectivity index (χ4v) is 2.68. The first-order valence-corrected chi connectivity index (χ1v) is 6.73. The monoisotopic (exact) mass is 264 g/mol. The highest BCUT2D eigenvalue weighted by Gasteiger charge is 2.25. The van der Waals surface area contributed by atoms with Gasteiger partial charge in [-0.1, -0.05) is 6.42 Å². The molecule has 0 aromatic heterocycles. The number of nitrogens with zero attached hydrogens (tertiary/aromatic N) is 1. The molecule has 0 spiro atoms. The van der Waals surface area contributed by atoms with Crippen molar-refractivity contribution < 1.29 is 9.66 Å². The van der Waals surface area contributed by atoms with Crippen LogP contribution in [0, 0.1) is 23.0 Å². The van der Waals surface area contributed by atoms with E-state index in [0.29, 0.717) is 23.8 Å². The highest BCUT2D eigenvalue weighted by atomic mass is 16.6. The van der Waals surface area contributed by atoms with Crippen molar-refractivity contribution in [1.29, 1.82) is 0 Å². The molecule has 1 fully saturated rings. The van der Waals surface area contributed by atoms with Gasteiger partial charge in [0.25, 0.3) is 5.69 Å². The third kappa shape index (κ3) is 3.23. The predicted octanol–water partition coefficient (Wildman–Crippen LogP) is 2.80. The molecule has 104 valence electrons. The minimum atomic E-state index is -0.373. The molecule has 2 rings (SSSR count). The van der Waals surface area contributed by atoms with E-state index < -0.39 is 0 Å². The van der Waals surface area contributed by atoms with Gasteiger partial charge in [0.15, 0.2) is 0 Å². The Morgan fingerprint density at radius 2 is 2.16 bits per heavy atom. The average molecular weight is 264 g/mol. The van der Waals surface area contributed by atoms with Crippen LogP contribution in [0.2, 0.25) is 0 Å². The SMILES string of the molecule is Cc1cc(OC2CCCCC2CN)ccc1[N+](=O)[O-]. The van der Waals surface area contributed by atoms with Gasteiger partial charge in [0.1, 0.15) is 11.9 Å². The molecule has 5 heteroatoms. The third-order valence-corrected chi connectivity index (χ3v) is 3.79. The number of aryl methyl sites for hydroxylation is 1. The van der Waals surface area contributed by atoms with Crippen LogP contribution in [-0.4, -0.2) is 17.6 Å². The van der Waals surface area contributed by atoms with Crippen LogP contribution < -0.4 is 10.5 Å². The van der Waals surface area contributed by atoms with Gasteiger partial charge in [-0.3, -0.25) is 10.1 Å². The number of rotatable bonds is 4. The van der Waals surface area contributed by atoms with E-state index in [1.807, 2.05) is 0 Å². The maximum absolute atomic E-state index is 10.8. The van der Waals surface area contributed by atoms with E-state index in [-0.39, 0.29) is 16.7 Å². The lowest BCUT2D eigenvalue weighted by atomic mass is 9.86. The Morgan fingerprint density at radius 1 is 1.42 bits per heavy atom. The summed E-state index contributed by atoms with van der Waals surface area (Å²) in [5.74, 6) is 1.10. The summed E-state index contributed by atoms with van der Waals surface area (Å²) in [4.78, 5) is 10.4. The molecule has 1 aromatic rings. The van der Waals surface area contributed by atoms with Crippen LogP contribution >= 0.6 is 0 Å². The summed E-state index contributed by atoms with van der Waals surface area (Å²) < 4.78 is 5.97. The molecule has 0 bridgehead atoms. The second kappa shape index (κ2) is 6.02. The first-order valence-electron chi connectivity index (χ1n) is 6.73. The number of hydrogen-bond donors (Lipinski definition) is 1. The van der Waals surface area contributed by atoms with Crippen molar-refractivity contribution in [1.82, 2.24) is 0 Å². The molecule has 19 heavy (non-hydrogen) atoms. The van der Waals surface area contributed by atoms with E-state index in [0.717, 1.165) is 19.3 Å². The van der Waals surface area contributed by atoms with Gasteiger partial charge in [-0.15, -0.1) is 0 Å². The molecule has 2 atom stereocenters. The molecule has 1 aliphatic rings. The lowest BCUT2D eigenvalue weighted by Crippen LogP contribution is -2.35. The Hall–Kier alpha value is -1.62. The van der Waals surface area contributed by atoms with Gasteiger partial charge in [-0.05, 0) is 44.9 Å². The summed E-state index contributed by atoms with van der Waals surface area (Å²) in [6.45, 7) is 2.36. The molecule has 1 aromatic carbocycles. The number of ether oxygens (including phenoxy) is 1. The van der Waals surface area contributed by atoms with Gasteiger partial charge in [0.05, 0.1) is 4.92 Å². The quantitative estimate of drug-likeness (QED) is 0.670. The molecule has 5 nitrogen and oxygen atoms in total. The molecule has 2 N–H and O–H groups in total. The number of nitro groups is 1.